The van der Waals surface area contributed by atoms with E-state index in [4.69, 9.17) is 4.42 Å². The van der Waals surface area contributed by atoms with E-state index in [-0.39, 0.29) is 17.6 Å². The first-order valence-electron chi connectivity index (χ1n) is 7.72. The minimum absolute atomic E-state index is 0.0700. The van der Waals surface area contributed by atoms with Crippen LogP contribution < -0.4 is 4.90 Å². The Morgan fingerprint density at radius 3 is 2.61 bits per heavy atom. The number of rotatable bonds is 2. The van der Waals surface area contributed by atoms with Gasteiger partial charge in [-0.25, -0.2) is 0 Å². The Morgan fingerprint density at radius 2 is 1.96 bits per heavy atom. The monoisotopic (exact) mass is 312 g/mol. The molecule has 0 bridgehead atoms. The van der Waals surface area contributed by atoms with Gasteiger partial charge in [-0.05, 0) is 56.2 Å². The van der Waals surface area contributed by atoms with Gasteiger partial charge in [-0.2, -0.15) is 0 Å². The highest BCUT2D eigenvalue weighted by Crippen LogP contribution is 2.24. The minimum Gasteiger partial charge on any atom is -0.459 e. The van der Waals surface area contributed by atoms with Gasteiger partial charge in [0.15, 0.2) is 5.76 Å². The van der Waals surface area contributed by atoms with E-state index in [1.165, 1.54) is 11.8 Å². The van der Waals surface area contributed by atoms with Crippen LogP contribution >= 0.6 is 0 Å². The average molecular weight is 312 g/mol. The molecule has 3 rings (SSSR count). The molecule has 0 radical (unpaired) electrons. The van der Waals surface area contributed by atoms with Crippen LogP contribution in [0.5, 0.6) is 0 Å². The maximum Gasteiger partial charge on any atom is 0.290 e. The molecule has 1 aromatic carbocycles. The smallest absolute Gasteiger partial charge is 0.290 e. The Kier molecular flexibility index (Phi) is 3.94. The predicted molar refractivity (Wildman–Crippen MR) is 87.5 cm³/mol. The summed E-state index contributed by atoms with van der Waals surface area (Å²) in [5.74, 6) is -0.0423. The van der Waals surface area contributed by atoms with Crippen LogP contribution in [0.15, 0.2) is 41.0 Å². The van der Waals surface area contributed by atoms with Crippen molar-refractivity contribution in [2.75, 3.05) is 18.0 Å². The predicted octanol–water partition coefficient (Wildman–Crippen LogP) is 2.77. The van der Waals surface area contributed by atoms with Gasteiger partial charge in [0, 0.05) is 18.8 Å². The number of hydrogen-bond acceptors (Lipinski definition) is 3. The van der Waals surface area contributed by atoms with Crippen molar-refractivity contribution in [3.63, 3.8) is 0 Å². The highest BCUT2D eigenvalue weighted by atomic mass is 16.3. The zero-order valence-electron chi connectivity index (χ0n) is 13.6. The third-order valence-electron chi connectivity index (χ3n) is 4.45. The molecule has 0 spiro atoms. The molecule has 1 atom stereocenters. The lowest BCUT2D eigenvalue weighted by Crippen LogP contribution is -2.57. The molecule has 0 unspecified atom stereocenters. The molecule has 2 aromatic rings. The summed E-state index contributed by atoms with van der Waals surface area (Å²) in [6.45, 7) is 6.81. The number of furan rings is 1. The van der Waals surface area contributed by atoms with E-state index < -0.39 is 6.04 Å². The van der Waals surface area contributed by atoms with Gasteiger partial charge in [-0.3, -0.25) is 9.59 Å². The van der Waals surface area contributed by atoms with Gasteiger partial charge in [0.1, 0.15) is 6.04 Å². The first-order chi connectivity index (χ1) is 11.0. The maximum absolute atomic E-state index is 12.7. The van der Waals surface area contributed by atoms with E-state index in [9.17, 15) is 9.59 Å². The molecule has 1 aliphatic rings. The van der Waals surface area contributed by atoms with Crippen LogP contribution in [0.3, 0.4) is 0 Å². The molecule has 1 saturated heterocycles. The lowest BCUT2D eigenvalue weighted by molar-refractivity contribution is -0.124. The number of carbonyl (C=O) groups excluding carboxylic acids is 2. The molecule has 0 N–H and O–H groups in total. The molecule has 120 valence electrons. The van der Waals surface area contributed by atoms with Crippen LogP contribution in [0.4, 0.5) is 5.69 Å². The van der Waals surface area contributed by atoms with E-state index >= 15 is 0 Å². The van der Waals surface area contributed by atoms with Crippen LogP contribution in [-0.2, 0) is 4.79 Å². The van der Waals surface area contributed by atoms with Crippen LogP contribution in [0, 0.1) is 13.8 Å². The SMILES string of the molecule is Cc1ccc(N2CCN(C(=O)c3ccco3)[C@H](C)C2=O)cc1C. The summed E-state index contributed by atoms with van der Waals surface area (Å²) in [6, 6.07) is 8.77. The number of benzene rings is 1. The molecule has 2 amide bonds. The summed E-state index contributed by atoms with van der Waals surface area (Å²) < 4.78 is 5.16. The number of piperazine rings is 1. The Morgan fingerprint density at radius 1 is 1.17 bits per heavy atom. The quantitative estimate of drug-likeness (QED) is 0.857. The number of carbonyl (C=O) groups is 2. The van der Waals surface area contributed by atoms with Crippen LogP contribution in [0.25, 0.3) is 0 Å². The van der Waals surface area contributed by atoms with Crippen molar-refractivity contribution >= 4 is 17.5 Å². The highest BCUT2D eigenvalue weighted by Gasteiger charge is 2.36. The Balaban J connectivity index is 1.81. The molecule has 5 nitrogen and oxygen atoms in total. The Labute approximate surface area is 135 Å². The zero-order chi connectivity index (χ0) is 16.6. The van der Waals surface area contributed by atoms with Crippen molar-refractivity contribution in [3.8, 4) is 0 Å². The fraction of sp³-hybridized carbons (Fsp3) is 0.333. The first-order valence-corrected chi connectivity index (χ1v) is 7.72. The molecule has 2 heterocycles. The van der Waals surface area contributed by atoms with E-state index in [1.54, 1.807) is 28.9 Å². The Hall–Kier alpha value is -2.56. The molecule has 1 aromatic heterocycles. The molecule has 1 aliphatic heterocycles. The second-order valence-electron chi connectivity index (χ2n) is 5.91. The van der Waals surface area contributed by atoms with Crippen LogP contribution in [-0.4, -0.2) is 35.8 Å². The topological polar surface area (TPSA) is 53.8 Å². The summed E-state index contributed by atoms with van der Waals surface area (Å²) in [5, 5.41) is 0. The third-order valence-corrected chi connectivity index (χ3v) is 4.45. The lowest BCUT2D eigenvalue weighted by atomic mass is 10.1. The molecule has 0 aliphatic carbocycles. The fourth-order valence-electron chi connectivity index (χ4n) is 2.84. The zero-order valence-corrected chi connectivity index (χ0v) is 13.6. The molecule has 23 heavy (non-hydrogen) atoms. The molecule has 5 heteroatoms. The van der Waals surface area contributed by atoms with Gasteiger partial charge in [-0.1, -0.05) is 6.07 Å². The highest BCUT2D eigenvalue weighted by molar-refractivity contribution is 6.02. The normalized spacial score (nSPS) is 18.4. The van der Waals surface area contributed by atoms with E-state index in [2.05, 4.69) is 0 Å². The van der Waals surface area contributed by atoms with Gasteiger partial charge >= 0.3 is 0 Å². The number of anilines is 1. The molecular formula is C18H20N2O3. The van der Waals surface area contributed by atoms with Crippen molar-refractivity contribution < 1.29 is 14.0 Å². The summed E-state index contributed by atoms with van der Waals surface area (Å²) in [7, 11) is 0. The first kappa shape index (κ1) is 15.3. The average Bonchev–Trinajstić information content (AvgIpc) is 3.06. The number of nitrogens with zero attached hydrogens (tertiary/aromatic N) is 2. The maximum atomic E-state index is 12.7. The van der Waals surface area contributed by atoms with Crippen molar-refractivity contribution in [1.29, 1.82) is 0 Å². The van der Waals surface area contributed by atoms with E-state index in [0.29, 0.717) is 13.1 Å². The minimum atomic E-state index is -0.511. The van der Waals surface area contributed by atoms with Gasteiger partial charge in [-0.15, -0.1) is 0 Å². The van der Waals surface area contributed by atoms with Crippen LogP contribution in [0.2, 0.25) is 0 Å². The Bertz CT molecular complexity index is 737. The number of amides is 2. The van der Waals surface area contributed by atoms with Gasteiger partial charge in [0.25, 0.3) is 5.91 Å². The van der Waals surface area contributed by atoms with Crippen LogP contribution in [0.1, 0.15) is 28.6 Å². The van der Waals surface area contributed by atoms with Crippen molar-refractivity contribution in [2.24, 2.45) is 0 Å². The number of aryl methyl sites for hydroxylation is 2. The molecule has 0 saturated carbocycles. The van der Waals surface area contributed by atoms with Crippen molar-refractivity contribution in [1.82, 2.24) is 4.90 Å². The second-order valence-corrected chi connectivity index (χ2v) is 5.91. The summed E-state index contributed by atoms with van der Waals surface area (Å²) >= 11 is 0. The molecular weight excluding hydrogens is 292 g/mol. The second kappa shape index (κ2) is 5.91. The van der Waals surface area contributed by atoms with Gasteiger partial charge in [0.2, 0.25) is 5.91 Å². The van der Waals surface area contributed by atoms with Gasteiger partial charge in [0.05, 0.1) is 6.26 Å². The standard InChI is InChI=1S/C18H20N2O3/c1-12-6-7-15(11-13(12)2)20-9-8-19(14(3)17(20)21)18(22)16-5-4-10-23-16/h4-7,10-11,14H,8-9H2,1-3H3/t14-/m1/s1. The number of hydrogen-bond donors (Lipinski definition) is 0. The summed E-state index contributed by atoms with van der Waals surface area (Å²) in [6.07, 6.45) is 1.46. The fourth-order valence-corrected chi connectivity index (χ4v) is 2.84. The summed E-state index contributed by atoms with van der Waals surface area (Å²) in [4.78, 5) is 28.4. The largest absolute Gasteiger partial charge is 0.459 e. The molecule has 1 fully saturated rings. The van der Waals surface area contributed by atoms with Crippen molar-refractivity contribution in [2.45, 2.75) is 26.8 Å². The van der Waals surface area contributed by atoms with Crippen molar-refractivity contribution in [3.05, 3.63) is 53.5 Å². The van der Waals surface area contributed by atoms with E-state index in [1.807, 2.05) is 32.0 Å². The third kappa shape index (κ3) is 2.74. The van der Waals surface area contributed by atoms with Gasteiger partial charge < -0.3 is 14.2 Å². The lowest BCUT2D eigenvalue weighted by Gasteiger charge is -2.38. The summed E-state index contributed by atoms with van der Waals surface area (Å²) in [5.41, 5.74) is 3.23. The van der Waals surface area contributed by atoms with E-state index in [0.717, 1.165) is 11.3 Å².